The van der Waals surface area contributed by atoms with Crippen LogP contribution in [0.1, 0.15) is 24.3 Å². The van der Waals surface area contributed by atoms with Crippen LogP contribution in [0, 0.1) is 6.92 Å². The zero-order valence-electron chi connectivity index (χ0n) is 16.9. The molecule has 11 heteroatoms. The summed E-state index contributed by atoms with van der Waals surface area (Å²) in [6.45, 7) is 5.40. The standard InChI is InChI=1S/C19H26N4O5S2/c1-16-14-17(20-28-16)15-21-10-12-23(13-11-21)30(26,27)19-6-4-18(5-7-19)29(24,25)22-8-2-3-9-22/h4-7,14H,2-3,8-13,15H2,1H3. The lowest BCUT2D eigenvalue weighted by molar-refractivity contribution is 0.177. The molecule has 1 aromatic heterocycles. The molecule has 2 fully saturated rings. The molecule has 9 nitrogen and oxygen atoms in total. The molecule has 0 unspecified atom stereocenters. The smallest absolute Gasteiger partial charge is 0.243 e. The van der Waals surface area contributed by atoms with Gasteiger partial charge in [-0.1, -0.05) is 5.16 Å². The Hall–Kier alpha value is -1.79. The molecule has 0 N–H and O–H groups in total. The number of piperazine rings is 1. The topological polar surface area (TPSA) is 104 Å². The first kappa shape index (κ1) is 21.4. The summed E-state index contributed by atoms with van der Waals surface area (Å²) in [7, 11) is -7.23. The predicted octanol–water partition coefficient (Wildman–Crippen LogP) is 1.27. The summed E-state index contributed by atoms with van der Waals surface area (Å²) in [6.07, 6.45) is 1.71. The average molecular weight is 455 g/mol. The number of nitrogens with zero attached hydrogens (tertiary/aromatic N) is 4. The predicted molar refractivity (Wildman–Crippen MR) is 110 cm³/mol. The normalized spacial score (nSPS) is 20.0. The Kier molecular flexibility index (Phi) is 5.99. The Bertz CT molecular complexity index is 1080. The lowest BCUT2D eigenvalue weighted by Gasteiger charge is -2.33. The van der Waals surface area contributed by atoms with Gasteiger partial charge in [0.15, 0.2) is 0 Å². The Labute approximate surface area is 177 Å². The van der Waals surface area contributed by atoms with Gasteiger partial charge in [-0.15, -0.1) is 0 Å². The van der Waals surface area contributed by atoms with E-state index in [1.807, 2.05) is 13.0 Å². The van der Waals surface area contributed by atoms with E-state index in [9.17, 15) is 16.8 Å². The number of hydrogen-bond acceptors (Lipinski definition) is 7. The van der Waals surface area contributed by atoms with Crippen LogP contribution in [0.3, 0.4) is 0 Å². The van der Waals surface area contributed by atoms with Gasteiger partial charge < -0.3 is 4.52 Å². The SMILES string of the molecule is Cc1cc(CN2CCN(S(=O)(=O)c3ccc(S(=O)(=O)N4CCCC4)cc3)CC2)no1. The van der Waals surface area contributed by atoms with Gasteiger partial charge in [-0.05, 0) is 44.0 Å². The highest BCUT2D eigenvalue weighted by Gasteiger charge is 2.30. The Morgan fingerprint density at radius 3 is 1.80 bits per heavy atom. The number of aromatic nitrogens is 1. The highest BCUT2D eigenvalue weighted by atomic mass is 32.2. The Balaban J connectivity index is 1.41. The quantitative estimate of drug-likeness (QED) is 0.647. The van der Waals surface area contributed by atoms with Crippen molar-refractivity contribution in [2.75, 3.05) is 39.3 Å². The van der Waals surface area contributed by atoms with Crippen LogP contribution in [-0.2, 0) is 26.6 Å². The first-order valence-electron chi connectivity index (χ1n) is 10.0. The van der Waals surface area contributed by atoms with Gasteiger partial charge in [0.1, 0.15) is 5.76 Å². The molecule has 0 aliphatic carbocycles. The van der Waals surface area contributed by atoms with Crippen molar-refractivity contribution < 1.29 is 21.4 Å². The van der Waals surface area contributed by atoms with E-state index in [1.54, 1.807) is 0 Å². The maximum Gasteiger partial charge on any atom is 0.243 e. The number of aryl methyl sites for hydroxylation is 1. The first-order chi connectivity index (χ1) is 14.3. The van der Waals surface area contributed by atoms with Crippen molar-refractivity contribution >= 4 is 20.0 Å². The zero-order valence-corrected chi connectivity index (χ0v) is 18.5. The summed E-state index contributed by atoms with van der Waals surface area (Å²) in [5.74, 6) is 0.751. The van der Waals surface area contributed by atoms with Gasteiger partial charge >= 0.3 is 0 Å². The summed E-state index contributed by atoms with van der Waals surface area (Å²) < 4.78 is 59.2. The molecule has 0 atom stereocenters. The lowest BCUT2D eigenvalue weighted by atomic mass is 10.3. The van der Waals surface area contributed by atoms with Crippen LogP contribution in [-0.4, -0.2) is 74.8 Å². The van der Waals surface area contributed by atoms with Crippen LogP contribution in [0.5, 0.6) is 0 Å². The van der Waals surface area contributed by atoms with E-state index in [2.05, 4.69) is 10.1 Å². The van der Waals surface area contributed by atoms with Gasteiger partial charge in [-0.3, -0.25) is 4.90 Å². The van der Waals surface area contributed by atoms with Crippen LogP contribution in [0.4, 0.5) is 0 Å². The minimum absolute atomic E-state index is 0.114. The number of benzene rings is 1. The summed E-state index contributed by atoms with van der Waals surface area (Å²) in [4.78, 5) is 2.38. The van der Waals surface area contributed by atoms with Crippen molar-refractivity contribution in [3.8, 4) is 0 Å². The van der Waals surface area contributed by atoms with Crippen molar-refractivity contribution in [3.05, 3.63) is 41.8 Å². The molecule has 30 heavy (non-hydrogen) atoms. The number of rotatable bonds is 6. The maximum absolute atomic E-state index is 13.0. The van der Waals surface area contributed by atoms with Gasteiger partial charge in [-0.25, -0.2) is 16.8 Å². The van der Waals surface area contributed by atoms with Gasteiger partial charge in [-0.2, -0.15) is 8.61 Å². The second kappa shape index (κ2) is 8.39. The summed E-state index contributed by atoms with van der Waals surface area (Å²) >= 11 is 0. The monoisotopic (exact) mass is 454 g/mol. The average Bonchev–Trinajstić information content (AvgIpc) is 3.41. The van der Waals surface area contributed by atoms with Gasteiger partial charge in [0, 0.05) is 51.9 Å². The van der Waals surface area contributed by atoms with E-state index in [0.717, 1.165) is 24.3 Å². The molecule has 0 radical (unpaired) electrons. The van der Waals surface area contributed by atoms with E-state index < -0.39 is 20.0 Å². The molecular formula is C19H26N4O5S2. The maximum atomic E-state index is 13.0. The number of hydrogen-bond donors (Lipinski definition) is 0. The minimum Gasteiger partial charge on any atom is -0.361 e. The van der Waals surface area contributed by atoms with Gasteiger partial charge in [0.25, 0.3) is 0 Å². The van der Waals surface area contributed by atoms with Crippen LogP contribution >= 0.6 is 0 Å². The van der Waals surface area contributed by atoms with Gasteiger partial charge in [0.05, 0.1) is 15.5 Å². The molecule has 0 spiro atoms. The largest absolute Gasteiger partial charge is 0.361 e. The first-order valence-corrected chi connectivity index (χ1v) is 12.9. The molecule has 0 amide bonds. The molecule has 3 heterocycles. The van der Waals surface area contributed by atoms with Crippen LogP contribution in [0.2, 0.25) is 0 Å². The highest BCUT2D eigenvalue weighted by Crippen LogP contribution is 2.24. The summed E-state index contributed by atoms with van der Waals surface area (Å²) in [5.41, 5.74) is 0.832. The Morgan fingerprint density at radius 1 is 0.833 bits per heavy atom. The molecule has 2 saturated heterocycles. The molecule has 2 aliphatic rings. The van der Waals surface area contributed by atoms with E-state index in [4.69, 9.17) is 4.52 Å². The molecule has 2 aliphatic heterocycles. The third-order valence-electron chi connectivity index (χ3n) is 5.56. The van der Waals surface area contributed by atoms with E-state index in [-0.39, 0.29) is 9.79 Å². The lowest BCUT2D eigenvalue weighted by Crippen LogP contribution is -2.48. The van der Waals surface area contributed by atoms with E-state index >= 15 is 0 Å². The Morgan fingerprint density at radius 2 is 1.33 bits per heavy atom. The summed E-state index contributed by atoms with van der Waals surface area (Å²) in [5, 5.41) is 3.98. The fourth-order valence-electron chi connectivity index (χ4n) is 3.86. The van der Waals surface area contributed by atoms with Crippen molar-refractivity contribution in [1.29, 1.82) is 0 Å². The summed E-state index contributed by atoms with van der Waals surface area (Å²) in [6, 6.07) is 7.44. The fourth-order valence-corrected chi connectivity index (χ4v) is 6.80. The van der Waals surface area contributed by atoms with Crippen LogP contribution in [0.15, 0.2) is 44.6 Å². The number of sulfonamides is 2. The molecule has 0 saturated carbocycles. The van der Waals surface area contributed by atoms with Crippen LogP contribution < -0.4 is 0 Å². The van der Waals surface area contributed by atoms with Crippen molar-refractivity contribution in [2.24, 2.45) is 0 Å². The molecule has 1 aromatic carbocycles. The van der Waals surface area contributed by atoms with E-state index in [0.29, 0.717) is 45.8 Å². The van der Waals surface area contributed by atoms with E-state index in [1.165, 1.54) is 32.9 Å². The molecule has 0 bridgehead atoms. The molecule has 164 valence electrons. The van der Waals surface area contributed by atoms with Crippen molar-refractivity contribution in [3.63, 3.8) is 0 Å². The van der Waals surface area contributed by atoms with Crippen molar-refractivity contribution in [1.82, 2.24) is 18.7 Å². The van der Waals surface area contributed by atoms with Gasteiger partial charge in [0.2, 0.25) is 20.0 Å². The second-order valence-electron chi connectivity index (χ2n) is 7.69. The highest BCUT2D eigenvalue weighted by molar-refractivity contribution is 7.89. The molecule has 2 aromatic rings. The van der Waals surface area contributed by atoms with Crippen molar-refractivity contribution in [2.45, 2.75) is 36.1 Å². The minimum atomic E-state index is -3.67. The second-order valence-corrected chi connectivity index (χ2v) is 11.6. The zero-order chi connectivity index (χ0) is 21.4. The molecular weight excluding hydrogens is 428 g/mol. The third kappa shape index (κ3) is 4.30. The fraction of sp³-hybridized carbons (Fsp3) is 0.526. The van der Waals surface area contributed by atoms with Crippen LogP contribution in [0.25, 0.3) is 0 Å². The molecule has 4 rings (SSSR count). The third-order valence-corrected chi connectivity index (χ3v) is 9.38.